The summed E-state index contributed by atoms with van der Waals surface area (Å²) in [5.41, 5.74) is 2.56. The van der Waals surface area contributed by atoms with Gasteiger partial charge in [0, 0.05) is 17.7 Å². The highest BCUT2D eigenvalue weighted by molar-refractivity contribution is 7.20. The molecule has 4 rings (SSSR count). The van der Waals surface area contributed by atoms with Crippen LogP contribution in [-0.4, -0.2) is 15.7 Å². The van der Waals surface area contributed by atoms with E-state index in [0.29, 0.717) is 21.7 Å². The van der Waals surface area contributed by atoms with Gasteiger partial charge in [0.2, 0.25) is 0 Å². The number of Topliss-reactive ketones (excluding diaryl/α,β-unsaturated/α-hetero) is 1. The molecule has 0 saturated carbocycles. The highest BCUT2D eigenvalue weighted by Crippen LogP contribution is 2.30. The number of thiazole rings is 1. The largest absolute Gasteiger partial charge is 0.288 e. The number of nitrogens with zero attached hydrogens (tertiary/aromatic N) is 2. The first-order valence-corrected chi connectivity index (χ1v) is 9.35. The van der Waals surface area contributed by atoms with Crippen LogP contribution in [-0.2, 0) is 0 Å². The van der Waals surface area contributed by atoms with Crippen molar-refractivity contribution in [2.45, 2.75) is 0 Å². The summed E-state index contributed by atoms with van der Waals surface area (Å²) >= 11 is 1.45. The summed E-state index contributed by atoms with van der Waals surface area (Å²) in [4.78, 5) is 28.2. The summed E-state index contributed by atoms with van der Waals surface area (Å²) in [6, 6.07) is 22.8. The molecule has 0 atom stereocenters. The van der Waals surface area contributed by atoms with Crippen molar-refractivity contribution >= 4 is 44.7 Å². The molecule has 0 amide bonds. The average Bonchev–Trinajstić information content (AvgIpc) is 3.16. The van der Waals surface area contributed by atoms with Gasteiger partial charge in [-0.25, -0.2) is 4.98 Å². The normalized spacial score (nSPS) is 11.5. The third-order valence-corrected chi connectivity index (χ3v) is 5.29. The van der Waals surface area contributed by atoms with Crippen molar-refractivity contribution in [2.24, 2.45) is 0 Å². The summed E-state index contributed by atoms with van der Waals surface area (Å²) < 4.78 is 0.993. The Bertz CT molecular complexity index is 1160. The Morgan fingerprint density at radius 1 is 0.929 bits per heavy atom. The van der Waals surface area contributed by atoms with E-state index in [1.165, 1.54) is 23.5 Å². The predicted molar refractivity (Wildman–Crippen MR) is 111 cm³/mol. The molecule has 1 heterocycles. The monoisotopic (exact) mass is 386 g/mol. The van der Waals surface area contributed by atoms with Crippen LogP contribution in [0.5, 0.6) is 0 Å². The van der Waals surface area contributed by atoms with Crippen molar-refractivity contribution in [3.05, 3.63) is 105 Å². The summed E-state index contributed by atoms with van der Waals surface area (Å²) in [6.45, 7) is 0. The van der Waals surface area contributed by atoms with E-state index >= 15 is 0 Å². The maximum atomic E-state index is 13.2. The predicted octanol–water partition coefficient (Wildman–Crippen LogP) is 5.63. The summed E-state index contributed by atoms with van der Waals surface area (Å²) in [6.07, 6.45) is 1.73. The van der Waals surface area contributed by atoms with Gasteiger partial charge >= 0.3 is 0 Å². The third-order valence-electron chi connectivity index (χ3n) is 4.22. The maximum absolute atomic E-state index is 13.2. The van der Waals surface area contributed by atoms with Crippen LogP contribution in [0, 0.1) is 10.1 Å². The Hall–Kier alpha value is -3.64. The van der Waals surface area contributed by atoms with Gasteiger partial charge in [-0.15, -0.1) is 11.3 Å². The lowest BCUT2D eigenvalue weighted by Gasteiger charge is -2.05. The first-order chi connectivity index (χ1) is 13.6. The number of para-hydroxylation sites is 1. The number of nitro groups is 1. The summed E-state index contributed by atoms with van der Waals surface area (Å²) in [5, 5.41) is 11.5. The number of fused-ring (bicyclic) bond motifs is 1. The number of ketones is 1. The molecule has 136 valence electrons. The van der Waals surface area contributed by atoms with Crippen LogP contribution in [0.25, 0.3) is 21.9 Å². The fourth-order valence-electron chi connectivity index (χ4n) is 2.82. The Morgan fingerprint density at radius 2 is 1.61 bits per heavy atom. The van der Waals surface area contributed by atoms with Gasteiger partial charge < -0.3 is 0 Å². The number of nitro benzene ring substituents is 1. The number of aromatic nitrogens is 1. The summed E-state index contributed by atoms with van der Waals surface area (Å²) in [5.74, 6) is -0.141. The molecular formula is C22H14N2O3S. The average molecular weight is 386 g/mol. The maximum Gasteiger partial charge on any atom is 0.269 e. The third kappa shape index (κ3) is 3.58. The Labute approximate surface area is 164 Å². The fourth-order valence-corrected chi connectivity index (χ4v) is 3.79. The van der Waals surface area contributed by atoms with E-state index in [1.807, 2.05) is 42.5 Å². The smallest absolute Gasteiger partial charge is 0.269 e. The van der Waals surface area contributed by atoms with Crippen molar-refractivity contribution in [2.75, 3.05) is 0 Å². The zero-order chi connectivity index (χ0) is 19.5. The van der Waals surface area contributed by atoms with E-state index in [4.69, 9.17) is 0 Å². The second-order valence-electron chi connectivity index (χ2n) is 6.09. The van der Waals surface area contributed by atoms with Crippen LogP contribution in [0.4, 0.5) is 5.69 Å². The molecule has 0 radical (unpaired) electrons. The minimum atomic E-state index is -0.447. The number of non-ortho nitro benzene ring substituents is 1. The molecule has 0 fully saturated rings. The van der Waals surface area contributed by atoms with Gasteiger partial charge in [-0.1, -0.05) is 42.5 Å². The van der Waals surface area contributed by atoms with E-state index in [1.54, 1.807) is 30.3 Å². The number of hydrogen-bond acceptors (Lipinski definition) is 5. The standard InChI is InChI=1S/C22H14N2O3S/c25-21(16-6-2-1-3-7-16)18(14-15-10-12-17(13-11-15)24(26)27)22-23-19-8-4-5-9-20(19)28-22/h1-14H/b18-14-. The number of carbonyl (C=O) groups excluding carboxylic acids is 1. The van der Waals surface area contributed by atoms with Crippen LogP contribution in [0.3, 0.4) is 0 Å². The lowest BCUT2D eigenvalue weighted by Crippen LogP contribution is -2.02. The van der Waals surface area contributed by atoms with E-state index in [-0.39, 0.29) is 11.5 Å². The quantitative estimate of drug-likeness (QED) is 0.193. The molecule has 0 spiro atoms. The Kier molecular flexibility index (Phi) is 4.78. The van der Waals surface area contributed by atoms with E-state index in [0.717, 1.165) is 10.2 Å². The van der Waals surface area contributed by atoms with E-state index in [2.05, 4.69) is 4.98 Å². The van der Waals surface area contributed by atoms with Gasteiger partial charge in [-0.2, -0.15) is 0 Å². The van der Waals surface area contributed by atoms with Crippen LogP contribution < -0.4 is 0 Å². The van der Waals surface area contributed by atoms with Gasteiger partial charge in [-0.05, 0) is 35.9 Å². The van der Waals surface area contributed by atoms with Crippen molar-refractivity contribution in [1.82, 2.24) is 4.98 Å². The van der Waals surface area contributed by atoms with Crippen LogP contribution in [0.1, 0.15) is 20.9 Å². The van der Waals surface area contributed by atoms with Crippen molar-refractivity contribution < 1.29 is 9.72 Å². The molecule has 5 nitrogen and oxygen atoms in total. The Morgan fingerprint density at radius 3 is 2.29 bits per heavy atom. The summed E-state index contributed by atoms with van der Waals surface area (Å²) in [7, 11) is 0. The molecule has 3 aromatic carbocycles. The fraction of sp³-hybridized carbons (Fsp3) is 0. The SMILES string of the molecule is O=C(/C(=C/c1ccc([N+](=O)[O-])cc1)c1nc2ccccc2s1)c1ccccc1. The zero-order valence-electron chi connectivity index (χ0n) is 14.6. The van der Waals surface area contributed by atoms with Crippen molar-refractivity contribution in [1.29, 1.82) is 0 Å². The highest BCUT2D eigenvalue weighted by atomic mass is 32.1. The minimum absolute atomic E-state index is 0.00747. The molecule has 4 aromatic rings. The number of carbonyl (C=O) groups is 1. The Balaban J connectivity index is 1.83. The van der Waals surface area contributed by atoms with Gasteiger partial charge in [0.15, 0.2) is 5.78 Å². The van der Waals surface area contributed by atoms with Crippen LogP contribution >= 0.6 is 11.3 Å². The van der Waals surface area contributed by atoms with Gasteiger partial charge in [-0.3, -0.25) is 14.9 Å². The van der Waals surface area contributed by atoms with Gasteiger partial charge in [0.25, 0.3) is 5.69 Å². The van der Waals surface area contributed by atoms with E-state index < -0.39 is 4.92 Å². The minimum Gasteiger partial charge on any atom is -0.288 e. The van der Waals surface area contributed by atoms with Gasteiger partial charge in [0.1, 0.15) is 5.01 Å². The lowest BCUT2D eigenvalue weighted by atomic mass is 10.0. The first kappa shape index (κ1) is 17.8. The number of allylic oxidation sites excluding steroid dienone is 1. The first-order valence-electron chi connectivity index (χ1n) is 8.54. The van der Waals surface area contributed by atoms with Gasteiger partial charge in [0.05, 0.1) is 20.7 Å². The van der Waals surface area contributed by atoms with Crippen molar-refractivity contribution in [3.8, 4) is 0 Å². The van der Waals surface area contributed by atoms with Crippen LogP contribution in [0.2, 0.25) is 0 Å². The number of rotatable bonds is 5. The molecule has 0 aliphatic heterocycles. The second-order valence-corrected chi connectivity index (χ2v) is 7.12. The van der Waals surface area contributed by atoms with Crippen LogP contribution in [0.15, 0.2) is 78.9 Å². The molecule has 0 bridgehead atoms. The molecule has 0 unspecified atom stereocenters. The second kappa shape index (κ2) is 7.54. The number of benzene rings is 3. The van der Waals surface area contributed by atoms with Crippen molar-refractivity contribution in [3.63, 3.8) is 0 Å². The highest BCUT2D eigenvalue weighted by Gasteiger charge is 2.18. The zero-order valence-corrected chi connectivity index (χ0v) is 15.4. The molecule has 1 aromatic heterocycles. The molecule has 6 heteroatoms. The lowest BCUT2D eigenvalue weighted by molar-refractivity contribution is -0.384. The molecular weight excluding hydrogens is 372 g/mol. The molecule has 0 saturated heterocycles. The molecule has 28 heavy (non-hydrogen) atoms. The molecule has 0 aliphatic carbocycles. The topological polar surface area (TPSA) is 73.1 Å². The van der Waals surface area contributed by atoms with E-state index in [9.17, 15) is 14.9 Å². The molecule has 0 N–H and O–H groups in total. The number of hydrogen-bond donors (Lipinski definition) is 0. The molecule has 0 aliphatic rings.